The molecule has 0 saturated heterocycles. The molecule has 0 aliphatic heterocycles. The summed E-state index contributed by atoms with van der Waals surface area (Å²) in [4.78, 5) is 18.1. The number of carbonyl (C=O) groups excluding carboxylic acids is 1. The Morgan fingerprint density at radius 3 is 2.74 bits per heavy atom. The van der Waals surface area contributed by atoms with E-state index in [0.29, 0.717) is 18.2 Å². The second kappa shape index (κ2) is 6.10. The molecule has 1 aliphatic rings. The first kappa shape index (κ1) is 15.6. The van der Waals surface area contributed by atoms with Gasteiger partial charge in [0.1, 0.15) is 5.82 Å². The van der Waals surface area contributed by atoms with Crippen LogP contribution in [0.2, 0.25) is 0 Å². The summed E-state index contributed by atoms with van der Waals surface area (Å²) in [7, 11) is 0. The molecule has 122 valence electrons. The molecule has 6 heteroatoms. The van der Waals surface area contributed by atoms with Crippen LogP contribution in [-0.2, 0) is 4.79 Å². The number of aromatic nitrogens is 3. The van der Waals surface area contributed by atoms with Crippen molar-refractivity contribution < 1.29 is 9.18 Å². The third-order valence-corrected chi connectivity index (χ3v) is 4.01. The maximum Gasteiger partial charge on any atom is 0.229 e. The van der Waals surface area contributed by atoms with Crippen molar-refractivity contribution in [2.24, 2.45) is 5.92 Å². The van der Waals surface area contributed by atoms with Crippen LogP contribution < -0.4 is 4.90 Å². The van der Waals surface area contributed by atoms with E-state index in [9.17, 15) is 9.18 Å². The summed E-state index contributed by atoms with van der Waals surface area (Å²) in [6, 6.07) is 1.39. The summed E-state index contributed by atoms with van der Waals surface area (Å²) in [5, 5.41) is 4.61. The van der Waals surface area contributed by atoms with E-state index in [4.69, 9.17) is 0 Å². The highest BCUT2D eigenvalue weighted by Gasteiger charge is 2.33. The van der Waals surface area contributed by atoms with Crippen LogP contribution in [0.25, 0.3) is 5.69 Å². The monoisotopic (exact) mass is 316 g/mol. The predicted molar refractivity (Wildman–Crippen MR) is 86.2 cm³/mol. The van der Waals surface area contributed by atoms with Gasteiger partial charge >= 0.3 is 0 Å². The molecule has 0 aromatic carbocycles. The fourth-order valence-corrected chi connectivity index (χ4v) is 2.65. The molecule has 5 nitrogen and oxygen atoms in total. The molecule has 1 amide bonds. The molecule has 0 N–H and O–H groups in total. The van der Waals surface area contributed by atoms with Crippen LogP contribution >= 0.6 is 0 Å². The molecule has 2 aromatic heterocycles. The molecule has 0 unspecified atom stereocenters. The van der Waals surface area contributed by atoms with Crippen LogP contribution in [0.3, 0.4) is 0 Å². The number of hydrogen-bond acceptors (Lipinski definition) is 3. The second-order valence-electron chi connectivity index (χ2n) is 6.22. The van der Waals surface area contributed by atoms with Gasteiger partial charge in [0.15, 0.2) is 0 Å². The Bertz CT molecular complexity index is 721. The highest BCUT2D eigenvalue weighted by Crippen LogP contribution is 2.44. The number of anilines is 1. The van der Waals surface area contributed by atoms with Crippen molar-refractivity contribution in [2.75, 3.05) is 11.4 Å². The zero-order valence-electron chi connectivity index (χ0n) is 13.7. The van der Waals surface area contributed by atoms with E-state index in [1.54, 1.807) is 15.8 Å². The van der Waals surface area contributed by atoms with Gasteiger partial charge in [-0.15, -0.1) is 0 Å². The number of carbonyl (C=O) groups is 1. The van der Waals surface area contributed by atoms with Crippen molar-refractivity contribution in [3.05, 3.63) is 36.2 Å². The standard InChI is InChI=1S/C17H21FN4O/c1-4-21(17(23)11(2)3)15-10-22(20-16(15)12-5-6-12)14-7-13(18)8-19-9-14/h7-12H,4-6H2,1-3H3. The third-order valence-electron chi connectivity index (χ3n) is 4.01. The molecule has 0 spiro atoms. The number of halogens is 1. The van der Waals surface area contributed by atoms with E-state index in [1.807, 2.05) is 27.0 Å². The van der Waals surface area contributed by atoms with Crippen LogP contribution in [0.4, 0.5) is 10.1 Å². The summed E-state index contributed by atoms with van der Waals surface area (Å²) < 4.78 is 15.0. The minimum Gasteiger partial charge on any atom is -0.309 e. The van der Waals surface area contributed by atoms with E-state index < -0.39 is 5.82 Å². The van der Waals surface area contributed by atoms with Gasteiger partial charge in [-0.2, -0.15) is 5.10 Å². The lowest BCUT2D eigenvalue weighted by Gasteiger charge is -2.22. The summed E-state index contributed by atoms with van der Waals surface area (Å²) in [5.41, 5.74) is 2.31. The fourth-order valence-electron chi connectivity index (χ4n) is 2.65. The van der Waals surface area contributed by atoms with Crippen molar-refractivity contribution in [1.82, 2.24) is 14.8 Å². The SMILES string of the molecule is CCN(C(=O)C(C)C)c1cn(-c2cncc(F)c2)nc1C1CC1. The summed E-state index contributed by atoms with van der Waals surface area (Å²) >= 11 is 0. The van der Waals surface area contributed by atoms with E-state index >= 15 is 0 Å². The Kier molecular flexibility index (Phi) is 4.15. The largest absolute Gasteiger partial charge is 0.309 e. The van der Waals surface area contributed by atoms with E-state index in [0.717, 1.165) is 30.4 Å². The number of hydrogen-bond donors (Lipinski definition) is 0. The molecule has 1 fully saturated rings. The lowest BCUT2D eigenvalue weighted by atomic mass is 10.1. The minimum absolute atomic E-state index is 0.0753. The van der Waals surface area contributed by atoms with Gasteiger partial charge in [-0.05, 0) is 19.8 Å². The Morgan fingerprint density at radius 1 is 1.43 bits per heavy atom. The Labute approximate surface area is 135 Å². The lowest BCUT2D eigenvalue weighted by Crippen LogP contribution is -2.34. The van der Waals surface area contributed by atoms with Crippen molar-refractivity contribution >= 4 is 11.6 Å². The highest BCUT2D eigenvalue weighted by molar-refractivity contribution is 5.95. The molecule has 1 saturated carbocycles. The van der Waals surface area contributed by atoms with Crippen molar-refractivity contribution in [1.29, 1.82) is 0 Å². The van der Waals surface area contributed by atoms with Crippen molar-refractivity contribution in [3.8, 4) is 5.69 Å². The van der Waals surface area contributed by atoms with Gasteiger partial charge in [-0.25, -0.2) is 9.07 Å². The van der Waals surface area contributed by atoms with Crippen molar-refractivity contribution in [2.45, 2.75) is 39.5 Å². The molecule has 2 aromatic rings. The summed E-state index contributed by atoms with van der Waals surface area (Å²) in [6.45, 7) is 6.33. The normalized spacial score (nSPS) is 14.3. The lowest BCUT2D eigenvalue weighted by molar-refractivity contribution is -0.121. The maximum absolute atomic E-state index is 13.4. The van der Waals surface area contributed by atoms with E-state index in [-0.39, 0.29) is 11.8 Å². The zero-order chi connectivity index (χ0) is 16.6. The van der Waals surface area contributed by atoms with Crippen LogP contribution in [0.15, 0.2) is 24.7 Å². The molecule has 1 aliphatic carbocycles. The molecule has 0 bridgehead atoms. The van der Waals surface area contributed by atoms with Crippen molar-refractivity contribution in [3.63, 3.8) is 0 Å². The molecule has 0 atom stereocenters. The minimum atomic E-state index is -0.405. The fraction of sp³-hybridized carbons (Fsp3) is 0.471. The van der Waals surface area contributed by atoms with Crippen LogP contribution in [0, 0.1) is 11.7 Å². The molecular weight excluding hydrogens is 295 g/mol. The predicted octanol–water partition coefficient (Wildman–Crippen LogP) is 3.29. The number of rotatable bonds is 5. The average molecular weight is 316 g/mol. The molecule has 0 radical (unpaired) electrons. The van der Waals surface area contributed by atoms with Gasteiger partial charge in [0.05, 0.1) is 35.7 Å². The van der Waals surface area contributed by atoms with Gasteiger partial charge in [-0.1, -0.05) is 13.8 Å². The Morgan fingerprint density at radius 2 is 2.17 bits per heavy atom. The van der Waals surface area contributed by atoms with Gasteiger partial charge in [0.25, 0.3) is 0 Å². The summed E-state index contributed by atoms with van der Waals surface area (Å²) in [5.74, 6) is -0.0209. The molecule has 23 heavy (non-hydrogen) atoms. The smallest absolute Gasteiger partial charge is 0.229 e. The second-order valence-corrected chi connectivity index (χ2v) is 6.22. The van der Waals surface area contributed by atoms with E-state index in [2.05, 4.69) is 10.1 Å². The number of nitrogens with zero attached hydrogens (tertiary/aromatic N) is 4. The topological polar surface area (TPSA) is 51.0 Å². The Hall–Kier alpha value is -2.24. The quantitative estimate of drug-likeness (QED) is 0.850. The first-order valence-electron chi connectivity index (χ1n) is 8.03. The first-order valence-corrected chi connectivity index (χ1v) is 8.03. The molecular formula is C17H21FN4O. The van der Waals surface area contributed by atoms with Gasteiger partial charge in [0.2, 0.25) is 5.91 Å². The maximum atomic E-state index is 13.4. The molecule has 2 heterocycles. The van der Waals surface area contributed by atoms with E-state index in [1.165, 1.54) is 6.07 Å². The first-order chi connectivity index (χ1) is 11.0. The average Bonchev–Trinajstić information content (AvgIpc) is 3.28. The zero-order valence-corrected chi connectivity index (χ0v) is 13.7. The highest BCUT2D eigenvalue weighted by atomic mass is 19.1. The number of amides is 1. The van der Waals surface area contributed by atoms with Crippen LogP contribution in [0.5, 0.6) is 0 Å². The number of pyridine rings is 1. The van der Waals surface area contributed by atoms with Gasteiger partial charge in [0, 0.05) is 24.4 Å². The third kappa shape index (κ3) is 3.11. The summed E-state index contributed by atoms with van der Waals surface area (Å²) in [6.07, 6.45) is 6.71. The Balaban J connectivity index is 2.04. The van der Waals surface area contributed by atoms with Gasteiger partial charge in [-0.3, -0.25) is 9.78 Å². The van der Waals surface area contributed by atoms with Crippen LogP contribution in [0.1, 0.15) is 45.2 Å². The van der Waals surface area contributed by atoms with Crippen LogP contribution in [-0.4, -0.2) is 27.2 Å². The van der Waals surface area contributed by atoms with Gasteiger partial charge < -0.3 is 4.90 Å². The molecule has 3 rings (SSSR count).